The van der Waals surface area contributed by atoms with Crippen molar-refractivity contribution in [2.45, 2.75) is 12.5 Å². The molecule has 2 rings (SSSR count). The Morgan fingerprint density at radius 1 is 1.31 bits per heavy atom. The molecule has 1 heterocycles. The third-order valence-electron chi connectivity index (χ3n) is 2.32. The van der Waals surface area contributed by atoms with Gasteiger partial charge in [-0.25, -0.2) is 0 Å². The maximum absolute atomic E-state index is 8.84. The second-order valence-corrected chi connectivity index (χ2v) is 3.70. The van der Waals surface area contributed by atoms with Crippen molar-refractivity contribution in [1.82, 2.24) is 5.16 Å². The van der Waals surface area contributed by atoms with E-state index in [0.29, 0.717) is 6.42 Å². The molecule has 16 heavy (non-hydrogen) atoms. The van der Waals surface area contributed by atoms with E-state index in [0.717, 1.165) is 17.0 Å². The van der Waals surface area contributed by atoms with Crippen molar-refractivity contribution in [3.8, 4) is 11.3 Å². The molecule has 0 amide bonds. The van der Waals surface area contributed by atoms with Crippen LogP contribution in [0.15, 0.2) is 40.9 Å². The fourth-order valence-electron chi connectivity index (χ4n) is 1.48. The van der Waals surface area contributed by atoms with Crippen LogP contribution < -0.4 is 5.73 Å². The first-order chi connectivity index (χ1) is 7.79. The predicted molar refractivity (Wildman–Crippen MR) is 60.7 cm³/mol. The Balaban J connectivity index is 2.14. The quantitative estimate of drug-likeness (QED) is 0.808. The summed E-state index contributed by atoms with van der Waals surface area (Å²) in [5.74, 6) is 0.723. The van der Waals surface area contributed by atoms with Crippen LogP contribution in [0.4, 0.5) is 0 Å². The maximum atomic E-state index is 8.84. The molecule has 0 aliphatic heterocycles. The van der Waals surface area contributed by atoms with Gasteiger partial charge in [0.15, 0.2) is 5.76 Å². The molecule has 0 saturated carbocycles. The van der Waals surface area contributed by atoms with Crippen molar-refractivity contribution in [1.29, 1.82) is 0 Å². The number of aromatic nitrogens is 1. The Bertz CT molecular complexity index is 439. The lowest BCUT2D eigenvalue weighted by atomic mass is 10.1. The topological polar surface area (TPSA) is 72.3 Å². The van der Waals surface area contributed by atoms with Gasteiger partial charge in [0.25, 0.3) is 0 Å². The molecule has 3 N–H and O–H groups in total. The molecule has 1 atom stereocenters. The maximum Gasteiger partial charge on any atom is 0.167 e. The summed E-state index contributed by atoms with van der Waals surface area (Å²) in [4.78, 5) is 0. The largest absolute Gasteiger partial charge is 0.395 e. The van der Waals surface area contributed by atoms with Crippen molar-refractivity contribution in [2.75, 3.05) is 6.61 Å². The average Bonchev–Trinajstić information content (AvgIpc) is 2.78. The summed E-state index contributed by atoms with van der Waals surface area (Å²) in [6.45, 7) is -0.0481. The molecule has 0 bridgehead atoms. The highest BCUT2D eigenvalue weighted by atomic mass is 16.5. The summed E-state index contributed by atoms with van der Waals surface area (Å²) in [6.07, 6.45) is 0.521. The van der Waals surface area contributed by atoms with Gasteiger partial charge in [-0.1, -0.05) is 35.5 Å². The average molecular weight is 218 g/mol. The summed E-state index contributed by atoms with van der Waals surface area (Å²) in [7, 11) is 0. The highest BCUT2D eigenvalue weighted by Gasteiger charge is 2.09. The van der Waals surface area contributed by atoms with E-state index in [1.165, 1.54) is 0 Å². The SMILES string of the molecule is NC(CO)Cc1cc(-c2ccccc2)on1. The number of nitrogens with zero attached hydrogens (tertiary/aromatic N) is 1. The Morgan fingerprint density at radius 2 is 2.06 bits per heavy atom. The fourth-order valence-corrected chi connectivity index (χ4v) is 1.48. The molecule has 0 fully saturated rings. The van der Waals surface area contributed by atoms with Gasteiger partial charge < -0.3 is 15.4 Å². The van der Waals surface area contributed by atoms with Gasteiger partial charge in [0.2, 0.25) is 0 Å². The summed E-state index contributed by atoms with van der Waals surface area (Å²) in [6, 6.07) is 11.3. The normalized spacial score (nSPS) is 12.6. The van der Waals surface area contributed by atoms with Crippen LogP contribution in [0.2, 0.25) is 0 Å². The first-order valence-electron chi connectivity index (χ1n) is 5.17. The molecule has 0 saturated heterocycles. The number of hydrogen-bond donors (Lipinski definition) is 2. The molecule has 0 spiro atoms. The predicted octanol–water partition coefficient (Wildman–Crippen LogP) is 1.20. The van der Waals surface area contributed by atoms with Crippen LogP contribution in [0.3, 0.4) is 0 Å². The van der Waals surface area contributed by atoms with E-state index in [-0.39, 0.29) is 12.6 Å². The molecule has 1 aromatic carbocycles. The van der Waals surface area contributed by atoms with Crippen LogP contribution in [-0.4, -0.2) is 22.9 Å². The van der Waals surface area contributed by atoms with Gasteiger partial charge in [-0.15, -0.1) is 0 Å². The molecule has 84 valence electrons. The zero-order chi connectivity index (χ0) is 11.4. The Hall–Kier alpha value is -1.65. The molecule has 0 aliphatic carbocycles. The number of benzene rings is 1. The highest BCUT2D eigenvalue weighted by Crippen LogP contribution is 2.19. The summed E-state index contributed by atoms with van der Waals surface area (Å²) < 4.78 is 5.21. The van der Waals surface area contributed by atoms with E-state index in [9.17, 15) is 0 Å². The van der Waals surface area contributed by atoms with E-state index in [1.54, 1.807) is 0 Å². The molecule has 4 heteroatoms. The van der Waals surface area contributed by atoms with Crippen LogP contribution in [0.5, 0.6) is 0 Å². The highest BCUT2D eigenvalue weighted by molar-refractivity contribution is 5.56. The first kappa shape index (κ1) is 10.9. The van der Waals surface area contributed by atoms with Gasteiger partial charge in [-0.2, -0.15) is 0 Å². The summed E-state index contributed by atoms with van der Waals surface area (Å²) in [5, 5.41) is 12.8. The molecule has 1 unspecified atom stereocenters. The number of hydrogen-bond acceptors (Lipinski definition) is 4. The van der Waals surface area contributed by atoms with Gasteiger partial charge in [0, 0.05) is 24.1 Å². The van der Waals surface area contributed by atoms with Crippen LogP contribution in [0.25, 0.3) is 11.3 Å². The van der Waals surface area contributed by atoms with Crippen molar-refractivity contribution < 1.29 is 9.63 Å². The van der Waals surface area contributed by atoms with E-state index < -0.39 is 0 Å². The van der Waals surface area contributed by atoms with E-state index in [4.69, 9.17) is 15.4 Å². The standard InChI is InChI=1S/C12H14N2O2/c13-10(8-15)6-11-7-12(16-14-11)9-4-2-1-3-5-9/h1-5,7,10,15H,6,8,13H2. The van der Waals surface area contributed by atoms with Gasteiger partial charge >= 0.3 is 0 Å². The van der Waals surface area contributed by atoms with Crippen LogP contribution in [0.1, 0.15) is 5.69 Å². The zero-order valence-corrected chi connectivity index (χ0v) is 8.84. The number of aliphatic hydroxyl groups excluding tert-OH is 1. The van der Waals surface area contributed by atoms with Crippen molar-refractivity contribution in [3.63, 3.8) is 0 Å². The molecule has 2 aromatic rings. The summed E-state index contributed by atoms with van der Waals surface area (Å²) in [5.41, 5.74) is 7.37. The molecular formula is C12H14N2O2. The minimum Gasteiger partial charge on any atom is -0.395 e. The summed E-state index contributed by atoms with van der Waals surface area (Å²) >= 11 is 0. The Morgan fingerprint density at radius 3 is 2.75 bits per heavy atom. The van der Waals surface area contributed by atoms with Gasteiger partial charge in [0.1, 0.15) is 0 Å². The zero-order valence-electron chi connectivity index (χ0n) is 8.84. The fraction of sp³-hybridized carbons (Fsp3) is 0.250. The van der Waals surface area contributed by atoms with Crippen LogP contribution in [-0.2, 0) is 6.42 Å². The second kappa shape index (κ2) is 4.92. The first-order valence-corrected chi connectivity index (χ1v) is 5.17. The smallest absolute Gasteiger partial charge is 0.167 e. The van der Waals surface area contributed by atoms with E-state index in [1.807, 2.05) is 36.4 Å². The van der Waals surface area contributed by atoms with Gasteiger partial charge in [-0.05, 0) is 0 Å². The molecule has 4 nitrogen and oxygen atoms in total. The number of rotatable bonds is 4. The van der Waals surface area contributed by atoms with Crippen molar-refractivity contribution in [2.24, 2.45) is 5.73 Å². The number of aliphatic hydroxyl groups is 1. The third kappa shape index (κ3) is 2.48. The minimum absolute atomic E-state index is 0.0481. The monoisotopic (exact) mass is 218 g/mol. The third-order valence-corrected chi connectivity index (χ3v) is 2.32. The minimum atomic E-state index is -0.284. The van der Waals surface area contributed by atoms with Crippen LogP contribution >= 0.6 is 0 Å². The molecular weight excluding hydrogens is 204 g/mol. The van der Waals surface area contributed by atoms with Crippen molar-refractivity contribution in [3.05, 3.63) is 42.1 Å². The van der Waals surface area contributed by atoms with E-state index in [2.05, 4.69) is 5.16 Å². The lowest BCUT2D eigenvalue weighted by molar-refractivity contribution is 0.263. The lowest BCUT2D eigenvalue weighted by Gasteiger charge is -2.02. The number of nitrogens with two attached hydrogens (primary N) is 1. The lowest BCUT2D eigenvalue weighted by Crippen LogP contribution is -2.26. The molecule has 0 radical (unpaired) electrons. The molecule has 1 aromatic heterocycles. The van der Waals surface area contributed by atoms with Crippen LogP contribution in [0, 0.1) is 0 Å². The Kier molecular flexibility index (Phi) is 3.34. The van der Waals surface area contributed by atoms with Gasteiger partial charge in [-0.3, -0.25) is 0 Å². The van der Waals surface area contributed by atoms with Crippen molar-refractivity contribution >= 4 is 0 Å². The van der Waals surface area contributed by atoms with Gasteiger partial charge in [0.05, 0.1) is 12.3 Å². The Labute approximate surface area is 93.7 Å². The molecule has 0 aliphatic rings. The van der Waals surface area contributed by atoms with E-state index >= 15 is 0 Å². The second-order valence-electron chi connectivity index (χ2n) is 3.70.